The van der Waals surface area contributed by atoms with Crippen molar-refractivity contribution in [3.63, 3.8) is 0 Å². The number of nitrogen functional groups attached to an aromatic ring is 1. The van der Waals surface area contributed by atoms with Gasteiger partial charge in [-0.05, 0) is 38.1 Å². The molecule has 3 rings (SSSR count). The molecule has 5 heteroatoms. The number of anilines is 2. The number of nitrogens with zero attached hydrogens (tertiary/aromatic N) is 1. The molecule has 1 unspecified atom stereocenters. The maximum atomic E-state index is 6.09. The molecule has 0 saturated carbocycles. The zero-order chi connectivity index (χ0) is 14.1. The molecule has 3 aromatic rings. The average molecular weight is 286 g/mol. The van der Waals surface area contributed by atoms with Gasteiger partial charge in [-0.15, -0.1) is 11.3 Å². The fraction of sp³-hybridized carbons (Fsp3) is 0.267. The van der Waals surface area contributed by atoms with Crippen molar-refractivity contribution < 1.29 is 0 Å². The minimum Gasteiger partial charge on any atom is -0.397 e. The molecule has 104 valence electrons. The number of benzene rings is 1. The SMILES string of the molecule is Cc1ccc(CC(C)Nc2cc3[nH]ncc3cc2N)s1. The Morgan fingerprint density at radius 2 is 2.25 bits per heavy atom. The van der Waals surface area contributed by atoms with Gasteiger partial charge in [-0.1, -0.05) is 0 Å². The second-order valence-corrected chi connectivity index (χ2v) is 6.53. The van der Waals surface area contributed by atoms with Gasteiger partial charge in [0.2, 0.25) is 0 Å². The first-order chi connectivity index (χ1) is 9.61. The highest BCUT2D eigenvalue weighted by Crippen LogP contribution is 2.26. The monoisotopic (exact) mass is 286 g/mol. The van der Waals surface area contributed by atoms with Gasteiger partial charge in [0.1, 0.15) is 0 Å². The summed E-state index contributed by atoms with van der Waals surface area (Å²) in [6.07, 6.45) is 2.78. The summed E-state index contributed by atoms with van der Waals surface area (Å²) in [7, 11) is 0. The number of fused-ring (bicyclic) bond motifs is 1. The lowest BCUT2D eigenvalue weighted by atomic mass is 10.1. The fourth-order valence-electron chi connectivity index (χ4n) is 2.35. The molecule has 0 fully saturated rings. The summed E-state index contributed by atoms with van der Waals surface area (Å²) < 4.78 is 0. The predicted octanol–water partition coefficient (Wildman–Crippen LogP) is 3.56. The number of thiophene rings is 1. The Labute approximate surface area is 122 Å². The Bertz CT molecular complexity index is 728. The standard InChI is InChI=1S/C15H18N4S/c1-9(5-12-4-3-10(2)20-12)18-15-7-14-11(6-13(15)16)8-17-19-14/h3-4,6-9,18H,5,16H2,1-2H3,(H,17,19). The highest BCUT2D eigenvalue weighted by molar-refractivity contribution is 7.11. The second kappa shape index (κ2) is 5.17. The topological polar surface area (TPSA) is 66.7 Å². The van der Waals surface area contributed by atoms with E-state index in [1.807, 2.05) is 23.5 Å². The van der Waals surface area contributed by atoms with Crippen LogP contribution in [0.2, 0.25) is 0 Å². The van der Waals surface area contributed by atoms with Crippen LogP contribution >= 0.6 is 11.3 Å². The molecule has 0 bridgehead atoms. The Hall–Kier alpha value is -2.01. The van der Waals surface area contributed by atoms with E-state index >= 15 is 0 Å². The van der Waals surface area contributed by atoms with E-state index in [1.165, 1.54) is 9.75 Å². The lowest BCUT2D eigenvalue weighted by Gasteiger charge is -2.16. The van der Waals surface area contributed by atoms with Gasteiger partial charge in [0.05, 0.1) is 23.1 Å². The molecular formula is C15H18N4S. The fourth-order valence-corrected chi connectivity index (χ4v) is 3.37. The van der Waals surface area contributed by atoms with E-state index in [9.17, 15) is 0 Å². The van der Waals surface area contributed by atoms with Crippen LogP contribution in [0.15, 0.2) is 30.5 Å². The van der Waals surface area contributed by atoms with Crippen molar-refractivity contribution in [2.24, 2.45) is 0 Å². The van der Waals surface area contributed by atoms with Crippen LogP contribution in [-0.2, 0) is 6.42 Å². The van der Waals surface area contributed by atoms with Crippen LogP contribution in [0.25, 0.3) is 10.9 Å². The van der Waals surface area contributed by atoms with E-state index in [0.29, 0.717) is 6.04 Å². The zero-order valence-corrected chi connectivity index (χ0v) is 12.4. The third-order valence-electron chi connectivity index (χ3n) is 3.32. The van der Waals surface area contributed by atoms with Crippen molar-refractivity contribution in [2.45, 2.75) is 26.3 Å². The third kappa shape index (κ3) is 2.63. The Kier molecular flexibility index (Phi) is 3.36. The number of H-pyrrole nitrogens is 1. The molecular weight excluding hydrogens is 268 g/mol. The maximum absolute atomic E-state index is 6.09. The molecule has 2 heterocycles. The van der Waals surface area contributed by atoms with Crippen molar-refractivity contribution >= 4 is 33.6 Å². The normalized spacial score (nSPS) is 12.7. The summed E-state index contributed by atoms with van der Waals surface area (Å²) in [5, 5.41) is 11.5. The number of hydrogen-bond donors (Lipinski definition) is 3. The van der Waals surface area contributed by atoms with Crippen LogP contribution in [0, 0.1) is 6.92 Å². The van der Waals surface area contributed by atoms with Crippen molar-refractivity contribution in [3.8, 4) is 0 Å². The molecule has 4 N–H and O–H groups in total. The van der Waals surface area contributed by atoms with Crippen molar-refractivity contribution in [2.75, 3.05) is 11.1 Å². The first-order valence-corrected chi connectivity index (χ1v) is 7.48. The van der Waals surface area contributed by atoms with E-state index in [4.69, 9.17) is 5.73 Å². The first-order valence-electron chi connectivity index (χ1n) is 6.66. The number of aryl methyl sites for hydroxylation is 1. The molecule has 0 aliphatic rings. The van der Waals surface area contributed by atoms with E-state index in [0.717, 1.165) is 28.7 Å². The van der Waals surface area contributed by atoms with Gasteiger partial charge in [0, 0.05) is 27.6 Å². The maximum Gasteiger partial charge on any atom is 0.0672 e. The smallest absolute Gasteiger partial charge is 0.0672 e. The molecule has 4 nitrogen and oxygen atoms in total. The van der Waals surface area contributed by atoms with E-state index in [-0.39, 0.29) is 0 Å². The summed E-state index contributed by atoms with van der Waals surface area (Å²) in [4.78, 5) is 2.74. The molecule has 0 aliphatic heterocycles. The van der Waals surface area contributed by atoms with Gasteiger partial charge in [0.25, 0.3) is 0 Å². The minimum absolute atomic E-state index is 0.329. The molecule has 0 radical (unpaired) electrons. The van der Waals surface area contributed by atoms with Crippen molar-refractivity contribution in [1.29, 1.82) is 0 Å². The predicted molar refractivity (Wildman–Crippen MR) is 86.4 cm³/mol. The quantitative estimate of drug-likeness (QED) is 0.642. The summed E-state index contributed by atoms with van der Waals surface area (Å²) >= 11 is 1.85. The first kappa shape index (κ1) is 13.0. The van der Waals surface area contributed by atoms with Gasteiger partial charge in [-0.3, -0.25) is 5.10 Å². The molecule has 1 aromatic carbocycles. The van der Waals surface area contributed by atoms with Gasteiger partial charge in [-0.2, -0.15) is 5.10 Å². The number of nitrogens with one attached hydrogen (secondary N) is 2. The summed E-state index contributed by atoms with van der Waals surface area (Å²) in [5.74, 6) is 0. The number of rotatable bonds is 4. The summed E-state index contributed by atoms with van der Waals surface area (Å²) in [5.41, 5.74) is 8.81. The highest BCUT2D eigenvalue weighted by Gasteiger charge is 2.09. The lowest BCUT2D eigenvalue weighted by Crippen LogP contribution is -2.18. The van der Waals surface area contributed by atoms with Crippen molar-refractivity contribution in [1.82, 2.24) is 10.2 Å². The van der Waals surface area contributed by atoms with E-state index in [2.05, 4.69) is 41.5 Å². The van der Waals surface area contributed by atoms with Crippen LogP contribution in [0.3, 0.4) is 0 Å². The number of aromatic nitrogens is 2. The highest BCUT2D eigenvalue weighted by atomic mass is 32.1. The van der Waals surface area contributed by atoms with E-state index < -0.39 is 0 Å². The summed E-state index contributed by atoms with van der Waals surface area (Å²) in [6.45, 7) is 4.31. The second-order valence-electron chi connectivity index (χ2n) is 5.16. The molecule has 0 saturated heterocycles. The van der Waals surface area contributed by atoms with Crippen LogP contribution in [0.5, 0.6) is 0 Å². The zero-order valence-electron chi connectivity index (χ0n) is 11.6. The minimum atomic E-state index is 0.329. The Morgan fingerprint density at radius 1 is 1.40 bits per heavy atom. The molecule has 0 amide bonds. The number of hydrogen-bond acceptors (Lipinski definition) is 4. The van der Waals surface area contributed by atoms with Crippen LogP contribution in [0.4, 0.5) is 11.4 Å². The molecule has 0 aliphatic carbocycles. The largest absolute Gasteiger partial charge is 0.397 e. The number of aromatic amines is 1. The lowest BCUT2D eigenvalue weighted by molar-refractivity contribution is 0.801. The molecule has 20 heavy (non-hydrogen) atoms. The molecule has 2 aromatic heterocycles. The van der Waals surface area contributed by atoms with Gasteiger partial charge in [0.15, 0.2) is 0 Å². The van der Waals surface area contributed by atoms with Gasteiger partial charge in [-0.25, -0.2) is 0 Å². The van der Waals surface area contributed by atoms with E-state index in [1.54, 1.807) is 6.20 Å². The average Bonchev–Trinajstić information content (AvgIpc) is 2.98. The number of nitrogens with two attached hydrogens (primary N) is 1. The van der Waals surface area contributed by atoms with Crippen LogP contribution < -0.4 is 11.1 Å². The van der Waals surface area contributed by atoms with Crippen molar-refractivity contribution in [3.05, 3.63) is 40.2 Å². The van der Waals surface area contributed by atoms with Gasteiger partial charge >= 0.3 is 0 Å². The Morgan fingerprint density at radius 3 is 3.00 bits per heavy atom. The molecule has 1 atom stereocenters. The Balaban J connectivity index is 1.76. The van der Waals surface area contributed by atoms with Crippen LogP contribution in [-0.4, -0.2) is 16.2 Å². The molecule has 0 spiro atoms. The van der Waals surface area contributed by atoms with Gasteiger partial charge < -0.3 is 11.1 Å². The van der Waals surface area contributed by atoms with Crippen LogP contribution in [0.1, 0.15) is 16.7 Å². The summed E-state index contributed by atoms with van der Waals surface area (Å²) in [6, 6.07) is 8.66. The third-order valence-corrected chi connectivity index (χ3v) is 4.34.